The number of hydrogen-bond donors (Lipinski definition) is 1. The van der Waals surface area contributed by atoms with Gasteiger partial charge in [0.25, 0.3) is 0 Å². The van der Waals surface area contributed by atoms with Crippen LogP contribution in [0.2, 0.25) is 0 Å². The molecule has 0 saturated heterocycles. The van der Waals surface area contributed by atoms with Crippen molar-refractivity contribution < 1.29 is 4.79 Å². The van der Waals surface area contributed by atoms with E-state index in [1.54, 1.807) is 12.1 Å². The van der Waals surface area contributed by atoms with Crippen LogP contribution in [-0.4, -0.2) is 18.0 Å². The van der Waals surface area contributed by atoms with Crippen LogP contribution in [-0.2, 0) is 0 Å². The van der Waals surface area contributed by atoms with Gasteiger partial charge in [0.15, 0.2) is 0 Å². The number of ketones is 1. The summed E-state index contributed by atoms with van der Waals surface area (Å²) in [7, 11) is 0. The molecular weight excluding hydrogens is 308 g/mol. The van der Waals surface area contributed by atoms with Gasteiger partial charge in [-0.05, 0) is 43.7 Å². The highest BCUT2D eigenvalue weighted by molar-refractivity contribution is 6.49. The van der Waals surface area contributed by atoms with E-state index < -0.39 is 0 Å². The third-order valence-corrected chi connectivity index (χ3v) is 4.03. The maximum Gasteiger partial charge on any atom is 0.205 e. The van der Waals surface area contributed by atoms with Gasteiger partial charge in [-0.3, -0.25) is 4.79 Å². The average molecular weight is 325 g/mol. The second kappa shape index (κ2) is 6.39. The molecule has 0 aromatic heterocycles. The summed E-state index contributed by atoms with van der Waals surface area (Å²) in [4.78, 5) is 16.9. The number of anilines is 1. The molecule has 0 amide bonds. The van der Waals surface area contributed by atoms with Crippen LogP contribution < -0.4 is 5.32 Å². The Labute approximate surface area is 140 Å². The number of fused-ring (bicyclic) bond motifs is 1. The molecule has 0 atom stereocenters. The Morgan fingerprint density at radius 2 is 1.87 bits per heavy atom. The number of carbonyl (C=O) groups is 1. The Balaban J connectivity index is 2.07. The van der Waals surface area contributed by atoms with Gasteiger partial charge in [0.05, 0.1) is 16.4 Å². The van der Waals surface area contributed by atoms with Gasteiger partial charge in [0.2, 0.25) is 5.78 Å². The van der Waals surface area contributed by atoms with Gasteiger partial charge in [-0.15, -0.1) is 0 Å². The second-order valence-corrected chi connectivity index (χ2v) is 5.80. The van der Waals surface area contributed by atoms with Crippen LogP contribution in [0.15, 0.2) is 58.6 Å². The zero-order valence-corrected chi connectivity index (χ0v) is 13.8. The molecule has 3 rings (SSSR count). The highest BCUT2D eigenvalue weighted by atomic mass is 35.5. The molecule has 3 nitrogen and oxygen atoms in total. The van der Waals surface area contributed by atoms with E-state index in [1.807, 2.05) is 37.3 Å². The lowest BCUT2D eigenvalue weighted by Gasteiger charge is -2.15. The molecule has 23 heavy (non-hydrogen) atoms. The largest absolute Gasteiger partial charge is 0.385 e. The van der Waals surface area contributed by atoms with Crippen molar-refractivity contribution >= 4 is 34.5 Å². The molecule has 0 bridgehead atoms. The number of Topliss-reactive ketones (excluding diaryl/α,β-unsaturated/α-hetero) is 1. The zero-order chi connectivity index (χ0) is 16.4. The molecule has 116 valence electrons. The standard InChI is InChI=1S/C19H17ClN2O/c1-3-21-13-8-9-17(12(2)10-13)22-18-11-16(20)19(23)15-7-5-4-6-14(15)18/h4-11,21H,3H2,1-2H3. The Bertz CT molecular complexity index is 837. The van der Waals surface area contributed by atoms with Crippen LogP contribution in [0, 0.1) is 6.92 Å². The Hall–Kier alpha value is -2.39. The number of carbonyl (C=O) groups excluding carboxylic acids is 1. The van der Waals surface area contributed by atoms with Crippen LogP contribution in [0.3, 0.4) is 0 Å². The van der Waals surface area contributed by atoms with Crippen LogP contribution in [0.4, 0.5) is 11.4 Å². The molecule has 4 heteroatoms. The van der Waals surface area contributed by atoms with Crippen molar-refractivity contribution in [3.63, 3.8) is 0 Å². The number of nitrogens with zero attached hydrogens (tertiary/aromatic N) is 1. The Kier molecular flexibility index (Phi) is 4.30. The number of allylic oxidation sites excluding steroid dienone is 2. The van der Waals surface area contributed by atoms with Crippen molar-refractivity contribution in [1.82, 2.24) is 0 Å². The minimum absolute atomic E-state index is 0.152. The maximum atomic E-state index is 12.1. The lowest BCUT2D eigenvalue weighted by molar-refractivity contribution is 0.104. The molecule has 0 aliphatic heterocycles. The number of rotatable bonds is 3. The summed E-state index contributed by atoms with van der Waals surface area (Å²) in [5, 5.41) is 3.48. The molecule has 0 radical (unpaired) electrons. The minimum atomic E-state index is -0.152. The first-order valence-electron chi connectivity index (χ1n) is 7.54. The van der Waals surface area contributed by atoms with E-state index in [-0.39, 0.29) is 10.8 Å². The molecule has 1 aliphatic rings. The third-order valence-electron chi connectivity index (χ3n) is 3.75. The molecule has 0 saturated carbocycles. The number of halogens is 1. The summed E-state index contributed by atoms with van der Waals surface area (Å²) in [6, 6.07) is 13.4. The number of aliphatic imine (C=N–C) groups is 1. The van der Waals surface area contributed by atoms with Gasteiger partial charge >= 0.3 is 0 Å². The van der Waals surface area contributed by atoms with E-state index in [0.29, 0.717) is 11.3 Å². The smallest absolute Gasteiger partial charge is 0.205 e. The van der Waals surface area contributed by atoms with Gasteiger partial charge in [-0.2, -0.15) is 0 Å². The first kappa shape index (κ1) is 15.5. The van der Waals surface area contributed by atoms with E-state index in [9.17, 15) is 4.79 Å². The fourth-order valence-corrected chi connectivity index (χ4v) is 2.82. The average Bonchev–Trinajstić information content (AvgIpc) is 2.55. The molecule has 2 aromatic rings. The SMILES string of the molecule is CCNc1ccc(N=C2C=C(Cl)C(=O)c3ccccc32)c(C)c1. The summed E-state index contributed by atoms with van der Waals surface area (Å²) in [6.07, 6.45) is 1.64. The van der Waals surface area contributed by atoms with Crippen LogP contribution in [0.5, 0.6) is 0 Å². The van der Waals surface area contributed by atoms with E-state index in [0.717, 1.165) is 29.0 Å². The molecule has 0 fully saturated rings. The molecule has 2 aromatic carbocycles. The van der Waals surface area contributed by atoms with Crippen molar-refractivity contribution in [3.8, 4) is 0 Å². The molecular formula is C19H17ClN2O. The quantitative estimate of drug-likeness (QED) is 0.875. The van der Waals surface area contributed by atoms with Crippen LogP contribution in [0.25, 0.3) is 0 Å². The Morgan fingerprint density at radius 3 is 2.57 bits per heavy atom. The third kappa shape index (κ3) is 3.06. The summed E-state index contributed by atoms with van der Waals surface area (Å²) >= 11 is 6.08. The predicted octanol–water partition coefficient (Wildman–Crippen LogP) is 4.87. The van der Waals surface area contributed by atoms with Crippen molar-refractivity contribution in [2.24, 2.45) is 4.99 Å². The maximum absolute atomic E-state index is 12.1. The number of aryl methyl sites for hydroxylation is 1. The van der Waals surface area contributed by atoms with E-state index in [2.05, 4.69) is 18.3 Å². The van der Waals surface area contributed by atoms with Crippen molar-refractivity contribution in [3.05, 3.63) is 70.3 Å². The van der Waals surface area contributed by atoms with Crippen molar-refractivity contribution in [2.45, 2.75) is 13.8 Å². The number of benzene rings is 2. The first-order chi connectivity index (χ1) is 11.1. The topological polar surface area (TPSA) is 41.5 Å². The van der Waals surface area contributed by atoms with Gasteiger partial charge < -0.3 is 5.32 Å². The fraction of sp³-hybridized carbons (Fsp3) is 0.158. The zero-order valence-electron chi connectivity index (χ0n) is 13.1. The highest BCUT2D eigenvalue weighted by Crippen LogP contribution is 2.28. The van der Waals surface area contributed by atoms with Gasteiger partial charge in [0.1, 0.15) is 0 Å². The molecule has 0 heterocycles. The predicted molar refractivity (Wildman–Crippen MR) is 96.2 cm³/mol. The normalized spacial score (nSPS) is 15.3. The molecule has 0 unspecified atom stereocenters. The second-order valence-electron chi connectivity index (χ2n) is 5.40. The lowest BCUT2D eigenvalue weighted by atomic mass is 9.94. The van der Waals surface area contributed by atoms with E-state index in [1.165, 1.54) is 0 Å². The summed E-state index contributed by atoms with van der Waals surface area (Å²) in [6.45, 7) is 4.96. The van der Waals surface area contributed by atoms with Gasteiger partial charge in [-0.1, -0.05) is 35.9 Å². The lowest BCUT2D eigenvalue weighted by Crippen LogP contribution is -2.14. The van der Waals surface area contributed by atoms with Crippen molar-refractivity contribution in [2.75, 3.05) is 11.9 Å². The van der Waals surface area contributed by atoms with Crippen LogP contribution >= 0.6 is 11.6 Å². The van der Waals surface area contributed by atoms with Crippen LogP contribution in [0.1, 0.15) is 28.4 Å². The minimum Gasteiger partial charge on any atom is -0.385 e. The first-order valence-corrected chi connectivity index (χ1v) is 7.92. The molecule has 0 spiro atoms. The monoisotopic (exact) mass is 324 g/mol. The van der Waals surface area contributed by atoms with E-state index in [4.69, 9.17) is 16.6 Å². The highest BCUT2D eigenvalue weighted by Gasteiger charge is 2.22. The molecule has 1 aliphatic carbocycles. The van der Waals surface area contributed by atoms with Crippen molar-refractivity contribution in [1.29, 1.82) is 0 Å². The summed E-state index contributed by atoms with van der Waals surface area (Å²) < 4.78 is 0. The van der Waals surface area contributed by atoms with E-state index >= 15 is 0 Å². The number of nitrogens with one attached hydrogen (secondary N) is 1. The van der Waals surface area contributed by atoms with Gasteiger partial charge in [0, 0.05) is 23.4 Å². The summed E-state index contributed by atoms with van der Waals surface area (Å²) in [5.41, 5.74) is 5.13. The Morgan fingerprint density at radius 1 is 1.13 bits per heavy atom. The van der Waals surface area contributed by atoms with Gasteiger partial charge in [-0.25, -0.2) is 4.99 Å². The summed E-state index contributed by atoms with van der Waals surface area (Å²) in [5.74, 6) is -0.152. The fourth-order valence-electron chi connectivity index (χ4n) is 2.61. The number of hydrogen-bond acceptors (Lipinski definition) is 3. The molecule has 1 N–H and O–H groups in total.